The molecule has 0 atom stereocenters. The van der Waals surface area contributed by atoms with E-state index in [0.717, 1.165) is 0 Å². The first kappa shape index (κ1) is 30.0. The molecule has 1 heterocycles. The number of nitrogens with one attached hydrogen (secondary N) is 2. The van der Waals surface area contributed by atoms with Crippen LogP contribution in [-0.4, -0.2) is 46.0 Å². The Kier molecular flexibility index (Phi) is 10.4. The molecular weight excluding hydrogens is 520 g/mol. The SMILES string of the molecule is CCOc1ccc(Cl)cc1C(=O)NCC(C)(C)CC(=O)Nc1c(CCCCO)n(C)n(-c2ccccc2)c1=O. The molecule has 10 heteroatoms. The third kappa shape index (κ3) is 7.74. The maximum absolute atomic E-state index is 13.4. The van der Waals surface area contributed by atoms with Gasteiger partial charge in [0.1, 0.15) is 11.4 Å². The molecule has 3 rings (SSSR count). The third-order valence-electron chi connectivity index (χ3n) is 6.33. The zero-order valence-electron chi connectivity index (χ0n) is 22.9. The predicted molar refractivity (Wildman–Crippen MR) is 153 cm³/mol. The molecule has 0 spiro atoms. The molecule has 0 aliphatic rings. The lowest BCUT2D eigenvalue weighted by Gasteiger charge is -2.24. The number of hydrogen-bond donors (Lipinski definition) is 3. The number of anilines is 1. The topological polar surface area (TPSA) is 115 Å². The fourth-order valence-corrected chi connectivity index (χ4v) is 4.55. The van der Waals surface area contributed by atoms with Crippen molar-refractivity contribution in [3.8, 4) is 11.4 Å². The van der Waals surface area contributed by atoms with Crippen LogP contribution in [0.5, 0.6) is 5.75 Å². The quantitative estimate of drug-likeness (QED) is 0.271. The first-order chi connectivity index (χ1) is 18.6. The number of amides is 2. The number of halogens is 1. The summed E-state index contributed by atoms with van der Waals surface area (Å²) in [5, 5.41) is 15.4. The average molecular weight is 557 g/mol. The monoisotopic (exact) mass is 556 g/mol. The lowest BCUT2D eigenvalue weighted by molar-refractivity contribution is -0.118. The number of aromatic nitrogens is 2. The number of ether oxygens (including phenoxy) is 1. The van der Waals surface area contributed by atoms with Gasteiger partial charge < -0.3 is 20.5 Å². The smallest absolute Gasteiger partial charge is 0.295 e. The number of benzene rings is 2. The van der Waals surface area contributed by atoms with Crippen LogP contribution in [0, 0.1) is 5.41 Å². The van der Waals surface area contributed by atoms with E-state index in [4.69, 9.17) is 16.3 Å². The predicted octanol–water partition coefficient (Wildman–Crippen LogP) is 4.33. The van der Waals surface area contributed by atoms with Gasteiger partial charge in [0.05, 0.1) is 23.6 Å². The molecule has 2 aromatic carbocycles. The van der Waals surface area contributed by atoms with Gasteiger partial charge in [-0.2, -0.15) is 0 Å². The van der Waals surface area contributed by atoms with Gasteiger partial charge in [-0.15, -0.1) is 0 Å². The zero-order valence-corrected chi connectivity index (χ0v) is 23.7. The number of carbonyl (C=O) groups excluding carboxylic acids is 2. The summed E-state index contributed by atoms with van der Waals surface area (Å²) < 4.78 is 8.82. The molecule has 0 saturated carbocycles. The van der Waals surface area contributed by atoms with Crippen molar-refractivity contribution in [1.29, 1.82) is 0 Å². The van der Waals surface area contributed by atoms with Gasteiger partial charge in [-0.3, -0.25) is 19.1 Å². The van der Waals surface area contributed by atoms with Gasteiger partial charge in [-0.1, -0.05) is 43.6 Å². The fraction of sp³-hybridized carbons (Fsp3) is 0.414. The van der Waals surface area contributed by atoms with Crippen LogP contribution in [0.1, 0.15) is 56.1 Å². The van der Waals surface area contributed by atoms with E-state index < -0.39 is 5.41 Å². The molecule has 3 aromatic rings. The molecule has 9 nitrogen and oxygen atoms in total. The summed E-state index contributed by atoms with van der Waals surface area (Å²) in [5.74, 6) is -0.254. The van der Waals surface area contributed by atoms with Crippen molar-refractivity contribution in [3.63, 3.8) is 0 Å². The van der Waals surface area contributed by atoms with Crippen molar-refractivity contribution in [2.75, 3.05) is 25.1 Å². The lowest BCUT2D eigenvalue weighted by Crippen LogP contribution is -2.37. The van der Waals surface area contributed by atoms with Crippen LogP contribution in [0.15, 0.2) is 53.3 Å². The standard InChI is InChI=1S/C29H37ClN4O5/c1-5-39-24-15-14-20(30)17-22(24)27(37)31-19-29(2,3)18-25(36)32-26-23(13-9-10-16-35)33(4)34(28(26)38)21-11-7-6-8-12-21/h6-8,11-12,14-15,17,35H,5,9-10,13,16,18-19H2,1-4H3,(H,31,37)(H,32,36). The number of nitrogens with zero attached hydrogens (tertiary/aromatic N) is 2. The molecule has 3 N–H and O–H groups in total. The van der Waals surface area contributed by atoms with Crippen molar-refractivity contribution in [2.45, 2.75) is 46.5 Å². The first-order valence-corrected chi connectivity index (χ1v) is 13.4. The van der Waals surface area contributed by atoms with E-state index in [0.29, 0.717) is 53.6 Å². The minimum atomic E-state index is -0.617. The summed E-state index contributed by atoms with van der Waals surface area (Å²) in [6.07, 6.45) is 1.83. The highest BCUT2D eigenvalue weighted by molar-refractivity contribution is 6.31. The normalized spacial score (nSPS) is 11.3. The van der Waals surface area contributed by atoms with Crippen LogP contribution in [-0.2, 0) is 18.3 Å². The molecule has 0 radical (unpaired) electrons. The summed E-state index contributed by atoms with van der Waals surface area (Å²) >= 11 is 6.08. The molecule has 0 aliphatic carbocycles. The lowest BCUT2D eigenvalue weighted by atomic mass is 9.88. The Balaban J connectivity index is 1.75. The van der Waals surface area contributed by atoms with Gasteiger partial charge in [-0.25, -0.2) is 4.68 Å². The van der Waals surface area contributed by atoms with Gasteiger partial charge in [0, 0.05) is 31.6 Å². The van der Waals surface area contributed by atoms with Crippen molar-refractivity contribution in [3.05, 3.63) is 75.2 Å². The minimum absolute atomic E-state index is 0.0518. The minimum Gasteiger partial charge on any atom is -0.493 e. The van der Waals surface area contributed by atoms with E-state index in [1.54, 1.807) is 29.9 Å². The third-order valence-corrected chi connectivity index (χ3v) is 6.56. The Morgan fingerprint density at radius 3 is 2.49 bits per heavy atom. The Labute approximate surface area is 233 Å². The molecule has 39 heavy (non-hydrogen) atoms. The van der Waals surface area contributed by atoms with Crippen LogP contribution in [0.25, 0.3) is 5.69 Å². The number of para-hydroxylation sites is 1. The van der Waals surface area contributed by atoms with Crippen LogP contribution in [0.3, 0.4) is 0 Å². The van der Waals surface area contributed by atoms with Crippen LogP contribution in [0.2, 0.25) is 5.02 Å². The van der Waals surface area contributed by atoms with E-state index in [1.807, 2.05) is 51.1 Å². The van der Waals surface area contributed by atoms with Gasteiger partial charge >= 0.3 is 0 Å². The Morgan fingerprint density at radius 1 is 1.10 bits per heavy atom. The van der Waals surface area contributed by atoms with Crippen molar-refractivity contribution in [1.82, 2.24) is 14.7 Å². The summed E-state index contributed by atoms with van der Waals surface area (Å²) in [5.41, 5.74) is 0.971. The van der Waals surface area contributed by atoms with Gasteiger partial charge in [0.2, 0.25) is 5.91 Å². The summed E-state index contributed by atoms with van der Waals surface area (Å²) in [6.45, 7) is 6.23. The summed E-state index contributed by atoms with van der Waals surface area (Å²) in [7, 11) is 1.78. The molecule has 1 aromatic heterocycles. The second kappa shape index (κ2) is 13.5. The first-order valence-electron chi connectivity index (χ1n) is 13.1. The van der Waals surface area contributed by atoms with Crippen LogP contribution in [0.4, 0.5) is 5.69 Å². The van der Waals surface area contributed by atoms with Crippen LogP contribution < -0.4 is 20.9 Å². The molecule has 0 unspecified atom stereocenters. The highest BCUT2D eigenvalue weighted by atomic mass is 35.5. The largest absolute Gasteiger partial charge is 0.493 e. The number of rotatable bonds is 13. The van der Waals surface area contributed by atoms with Gasteiger partial charge in [0.15, 0.2) is 0 Å². The fourth-order valence-electron chi connectivity index (χ4n) is 4.38. The molecule has 210 valence electrons. The van der Waals surface area contributed by atoms with E-state index in [9.17, 15) is 19.5 Å². The number of carbonyl (C=O) groups is 2. The number of aliphatic hydroxyl groups excluding tert-OH is 1. The number of aliphatic hydroxyl groups is 1. The summed E-state index contributed by atoms with van der Waals surface area (Å²) in [6, 6.07) is 14.1. The molecular formula is C29H37ClN4O5. The molecule has 0 fully saturated rings. The molecule has 0 bridgehead atoms. The second-order valence-corrected chi connectivity index (χ2v) is 10.6. The van der Waals surface area contributed by atoms with E-state index >= 15 is 0 Å². The van der Waals surface area contributed by atoms with Crippen LogP contribution >= 0.6 is 11.6 Å². The number of hydrogen-bond acceptors (Lipinski definition) is 5. The highest BCUT2D eigenvalue weighted by Crippen LogP contribution is 2.25. The average Bonchev–Trinajstić information content (AvgIpc) is 3.12. The van der Waals surface area contributed by atoms with Gasteiger partial charge in [-0.05, 0) is 61.9 Å². The molecule has 0 saturated heterocycles. The van der Waals surface area contributed by atoms with E-state index in [1.165, 1.54) is 4.68 Å². The van der Waals surface area contributed by atoms with E-state index in [2.05, 4.69) is 10.6 Å². The number of unbranched alkanes of at least 4 members (excludes halogenated alkanes) is 1. The highest BCUT2D eigenvalue weighted by Gasteiger charge is 2.27. The molecule has 2 amide bonds. The second-order valence-electron chi connectivity index (χ2n) is 10.1. The Morgan fingerprint density at radius 2 is 1.82 bits per heavy atom. The van der Waals surface area contributed by atoms with Crippen molar-refractivity contribution in [2.24, 2.45) is 12.5 Å². The maximum Gasteiger partial charge on any atom is 0.295 e. The molecule has 0 aliphatic heterocycles. The van der Waals surface area contributed by atoms with Crippen molar-refractivity contribution < 1.29 is 19.4 Å². The van der Waals surface area contributed by atoms with E-state index in [-0.39, 0.29) is 42.6 Å². The summed E-state index contributed by atoms with van der Waals surface area (Å²) in [4.78, 5) is 39.5. The Bertz CT molecular complexity index is 1350. The Hall–Kier alpha value is -3.56. The maximum atomic E-state index is 13.4. The zero-order chi connectivity index (χ0) is 28.6. The van der Waals surface area contributed by atoms with Gasteiger partial charge in [0.25, 0.3) is 11.5 Å². The van der Waals surface area contributed by atoms with Crippen molar-refractivity contribution >= 4 is 29.1 Å².